The molecule has 128 valence electrons. The third-order valence-electron chi connectivity index (χ3n) is 4.61. The van der Waals surface area contributed by atoms with Crippen molar-refractivity contribution in [2.75, 3.05) is 32.8 Å². The molecule has 0 aromatic carbocycles. The maximum atomic E-state index is 9.61. The Bertz CT molecular complexity index is 320. The van der Waals surface area contributed by atoms with Crippen molar-refractivity contribution < 1.29 is 9.84 Å². The molecule has 1 saturated carbocycles. The highest BCUT2D eigenvalue weighted by Crippen LogP contribution is 2.19. The maximum absolute atomic E-state index is 9.61. The van der Waals surface area contributed by atoms with Crippen LogP contribution in [0, 0.1) is 0 Å². The molecule has 1 saturated heterocycles. The van der Waals surface area contributed by atoms with E-state index in [4.69, 9.17) is 9.73 Å². The number of rotatable bonds is 5. The molecular weight excluding hydrogens is 278 g/mol. The van der Waals surface area contributed by atoms with Crippen LogP contribution in [0.5, 0.6) is 0 Å². The van der Waals surface area contributed by atoms with Crippen LogP contribution in [0.15, 0.2) is 4.99 Å². The van der Waals surface area contributed by atoms with Gasteiger partial charge in [-0.15, -0.1) is 0 Å². The summed E-state index contributed by atoms with van der Waals surface area (Å²) in [6.07, 6.45) is 9.77. The van der Waals surface area contributed by atoms with E-state index in [1.54, 1.807) is 0 Å². The van der Waals surface area contributed by atoms with Gasteiger partial charge in [-0.1, -0.05) is 25.7 Å². The van der Waals surface area contributed by atoms with Gasteiger partial charge in [0.15, 0.2) is 5.96 Å². The van der Waals surface area contributed by atoms with E-state index in [1.165, 1.54) is 38.5 Å². The molecule has 1 aliphatic heterocycles. The Hall–Kier alpha value is -0.810. The largest absolute Gasteiger partial charge is 0.393 e. The van der Waals surface area contributed by atoms with Gasteiger partial charge in [-0.05, 0) is 32.6 Å². The Balaban J connectivity index is 1.72. The molecule has 2 N–H and O–H groups in total. The quantitative estimate of drug-likeness (QED) is 0.353. The topological polar surface area (TPSA) is 57.1 Å². The Kier molecular flexibility index (Phi) is 8.02. The van der Waals surface area contributed by atoms with Crippen LogP contribution in [0.1, 0.15) is 58.3 Å². The van der Waals surface area contributed by atoms with Crippen molar-refractivity contribution in [3.8, 4) is 0 Å². The summed E-state index contributed by atoms with van der Waals surface area (Å²) >= 11 is 0. The Morgan fingerprint density at radius 2 is 1.82 bits per heavy atom. The second-order valence-electron chi connectivity index (χ2n) is 6.44. The molecule has 1 aliphatic carbocycles. The zero-order valence-electron chi connectivity index (χ0n) is 14.1. The van der Waals surface area contributed by atoms with E-state index in [0.717, 1.165) is 51.6 Å². The lowest BCUT2D eigenvalue weighted by Crippen LogP contribution is -2.46. The lowest BCUT2D eigenvalue weighted by atomic mass is 10.1. The van der Waals surface area contributed by atoms with Crippen LogP contribution in [0.3, 0.4) is 0 Å². The Labute approximate surface area is 135 Å². The highest BCUT2D eigenvalue weighted by molar-refractivity contribution is 5.80. The predicted molar refractivity (Wildman–Crippen MR) is 90.2 cm³/mol. The third-order valence-corrected chi connectivity index (χ3v) is 4.61. The number of nitrogens with zero attached hydrogens (tertiary/aromatic N) is 2. The first-order valence-electron chi connectivity index (χ1n) is 9.12. The number of hydrogen-bond donors (Lipinski definition) is 2. The van der Waals surface area contributed by atoms with E-state index in [2.05, 4.69) is 17.1 Å². The molecule has 0 spiro atoms. The zero-order chi connectivity index (χ0) is 15.6. The fourth-order valence-electron chi connectivity index (χ4n) is 3.28. The number of guanidine groups is 1. The molecule has 2 rings (SSSR count). The molecule has 5 heteroatoms. The molecule has 22 heavy (non-hydrogen) atoms. The van der Waals surface area contributed by atoms with E-state index in [9.17, 15) is 5.11 Å². The van der Waals surface area contributed by atoms with Crippen molar-refractivity contribution in [1.29, 1.82) is 0 Å². The molecule has 2 fully saturated rings. The first-order valence-corrected chi connectivity index (χ1v) is 9.12. The summed E-state index contributed by atoms with van der Waals surface area (Å²) in [5.74, 6) is 0.971. The number of aliphatic hydroxyl groups excluding tert-OH is 1. The number of aliphatic imine (C=N–C) groups is 1. The summed E-state index contributed by atoms with van der Waals surface area (Å²) in [5, 5.41) is 13.0. The van der Waals surface area contributed by atoms with Crippen molar-refractivity contribution in [3.05, 3.63) is 0 Å². The van der Waals surface area contributed by atoms with Crippen molar-refractivity contribution >= 4 is 5.96 Å². The second-order valence-corrected chi connectivity index (χ2v) is 6.44. The minimum atomic E-state index is -0.141. The fraction of sp³-hybridized carbons (Fsp3) is 0.941. The number of aliphatic hydroxyl groups is 1. The molecule has 0 atom stereocenters. The number of piperidine rings is 1. The molecule has 0 aromatic rings. The monoisotopic (exact) mass is 311 g/mol. The molecule has 5 nitrogen and oxygen atoms in total. The minimum absolute atomic E-state index is 0.141. The van der Waals surface area contributed by atoms with Gasteiger partial charge in [-0.25, -0.2) is 0 Å². The van der Waals surface area contributed by atoms with Gasteiger partial charge in [0.05, 0.1) is 25.4 Å². The highest BCUT2D eigenvalue weighted by Gasteiger charge is 2.19. The van der Waals surface area contributed by atoms with Crippen LogP contribution in [0.2, 0.25) is 0 Å². The second kappa shape index (κ2) is 10.1. The molecule has 0 aromatic heterocycles. The summed E-state index contributed by atoms with van der Waals surface area (Å²) < 4.78 is 6.00. The highest BCUT2D eigenvalue weighted by atomic mass is 16.5. The van der Waals surface area contributed by atoms with Gasteiger partial charge in [0, 0.05) is 19.6 Å². The van der Waals surface area contributed by atoms with Crippen LogP contribution >= 0.6 is 0 Å². The average molecular weight is 311 g/mol. The lowest BCUT2D eigenvalue weighted by molar-refractivity contribution is 0.0485. The summed E-state index contributed by atoms with van der Waals surface area (Å²) in [5.41, 5.74) is 0. The first-order chi connectivity index (χ1) is 10.8. The number of likely N-dealkylation sites (tertiary alicyclic amines) is 1. The van der Waals surface area contributed by atoms with E-state index in [1.807, 2.05) is 0 Å². The summed E-state index contributed by atoms with van der Waals surface area (Å²) in [7, 11) is 0. The SMILES string of the molecule is CCNC(=NCCOC1CCCCCC1)N1CCC(O)CC1. The summed E-state index contributed by atoms with van der Waals surface area (Å²) in [6.45, 7) is 6.18. The maximum Gasteiger partial charge on any atom is 0.193 e. The lowest BCUT2D eigenvalue weighted by Gasteiger charge is -2.32. The zero-order valence-corrected chi connectivity index (χ0v) is 14.1. The molecule has 0 radical (unpaired) electrons. The van der Waals surface area contributed by atoms with Crippen LogP contribution in [-0.4, -0.2) is 61.0 Å². The normalized spacial score (nSPS) is 22.6. The van der Waals surface area contributed by atoms with Gasteiger partial charge in [0.1, 0.15) is 0 Å². The number of hydrogen-bond acceptors (Lipinski definition) is 3. The molecular formula is C17H33N3O2. The van der Waals surface area contributed by atoms with Crippen molar-refractivity contribution in [3.63, 3.8) is 0 Å². The number of ether oxygens (including phenoxy) is 1. The van der Waals surface area contributed by atoms with E-state index < -0.39 is 0 Å². The van der Waals surface area contributed by atoms with Crippen LogP contribution in [0.4, 0.5) is 0 Å². The predicted octanol–water partition coefficient (Wildman–Crippen LogP) is 2.15. The standard InChI is InChI=1S/C17H33N3O2/c1-2-18-17(20-12-9-15(21)10-13-20)19-11-14-22-16-7-5-3-4-6-8-16/h15-16,21H,2-14H2,1H3,(H,18,19). The van der Waals surface area contributed by atoms with Crippen LogP contribution in [0.25, 0.3) is 0 Å². The van der Waals surface area contributed by atoms with Crippen molar-refractivity contribution in [2.45, 2.75) is 70.5 Å². The van der Waals surface area contributed by atoms with Crippen molar-refractivity contribution in [2.24, 2.45) is 4.99 Å². The Morgan fingerprint density at radius 1 is 1.14 bits per heavy atom. The van der Waals surface area contributed by atoms with E-state index in [-0.39, 0.29) is 6.10 Å². The van der Waals surface area contributed by atoms with Gasteiger partial charge in [0.25, 0.3) is 0 Å². The van der Waals surface area contributed by atoms with Gasteiger partial charge < -0.3 is 20.1 Å². The Morgan fingerprint density at radius 3 is 2.45 bits per heavy atom. The number of nitrogens with one attached hydrogen (secondary N) is 1. The summed E-state index contributed by atoms with van der Waals surface area (Å²) in [6, 6.07) is 0. The van der Waals surface area contributed by atoms with Gasteiger partial charge >= 0.3 is 0 Å². The fourth-order valence-corrected chi connectivity index (χ4v) is 3.28. The minimum Gasteiger partial charge on any atom is -0.393 e. The average Bonchev–Trinajstić information content (AvgIpc) is 2.80. The molecule has 0 bridgehead atoms. The van der Waals surface area contributed by atoms with Crippen LogP contribution in [-0.2, 0) is 4.74 Å². The van der Waals surface area contributed by atoms with E-state index >= 15 is 0 Å². The third kappa shape index (κ3) is 6.13. The van der Waals surface area contributed by atoms with Crippen LogP contribution < -0.4 is 5.32 Å². The summed E-state index contributed by atoms with van der Waals surface area (Å²) in [4.78, 5) is 6.95. The molecule has 0 amide bonds. The van der Waals surface area contributed by atoms with Gasteiger partial charge in [-0.3, -0.25) is 4.99 Å². The van der Waals surface area contributed by atoms with Gasteiger partial charge in [0.2, 0.25) is 0 Å². The smallest absolute Gasteiger partial charge is 0.193 e. The molecule has 0 unspecified atom stereocenters. The molecule has 2 aliphatic rings. The van der Waals surface area contributed by atoms with Gasteiger partial charge in [-0.2, -0.15) is 0 Å². The first kappa shape index (κ1) is 17.5. The molecule has 1 heterocycles. The van der Waals surface area contributed by atoms with Crippen molar-refractivity contribution in [1.82, 2.24) is 10.2 Å². The van der Waals surface area contributed by atoms with E-state index in [0.29, 0.717) is 6.10 Å².